The van der Waals surface area contributed by atoms with Crippen LogP contribution in [0.3, 0.4) is 0 Å². The van der Waals surface area contributed by atoms with Crippen molar-refractivity contribution in [3.05, 3.63) is 40.7 Å². The van der Waals surface area contributed by atoms with Crippen LogP contribution in [0, 0.1) is 12.7 Å². The molecule has 0 amide bonds. The van der Waals surface area contributed by atoms with Gasteiger partial charge < -0.3 is 0 Å². The normalized spacial score (nSPS) is 11.1. The van der Waals surface area contributed by atoms with Crippen LogP contribution in [0.1, 0.15) is 5.56 Å². The van der Waals surface area contributed by atoms with Gasteiger partial charge in [0.25, 0.3) is 0 Å². The zero-order chi connectivity index (χ0) is 12.4. The molecule has 3 nitrogen and oxygen atoms in total. The van der Waals surface area contributed by atoms with E-state index in [9.17, 15) is 4.39 Å². The first-order valence-corrected chi connectivity index (χ1v) is 5.83. The molecule has 2 N–H and O–H groups in total. The molecule has 0 unspecified atom stereocenters. The quantitative estimate of drug-likeness (QED) is 0.525. The Morgan fingerprint density at radius 1 is 1.24 bits per heavy atom. The van der Waals surface area contributed by atoms with Crippen LogP contribution in [0.2, 0.25) is 5.02 Å². The first-order chi connectivity index (χ1) is 8.11. The molecular formula is C11H9ClFNO2S. The predicted octanol–water partition coefficient (Wildman–Crippen LogP) is 3.77. The number of hydrogen-bond acceptors (Lipinski definition) is 4. The molecule has 0 aliphatic heterocycles. The van der Waals surface area contributed by atoms with E-state index < -0.39 is 5.82 Å². The van der Waals surface area contributed by atoms with E-state index in [0.29, 0.717) is 0 Å². The zero-order valence-corrected chi connectivity index (χ0v) is 10.4. The lowest BCUT2D eigenvalue weighted by molar-refractivity contribution is -0.195. The molecular weight excluding hydrogens is 265 g/mol. The average molecular weight is 274 g/mol. The van der Waals surface area contributed by atoms with Gasteiger partial charge in [-0.15, -0.1) is 9.32 Å². The van der Waals surface area contributed by atoms with Gasteiger partial charge in [-0.05, 0) is 41.5 Å². The molecule has 0 heterocycles. The Morgan fingerprint density at radius 2 is 1.94 bits per heavy atom. The highest BCUT2D eigenvalue weighted by Crippen LogP contribution is 2.30. The van der Waals surface area contributed by atoms with Crippen LogP contribution in [-0.4, -0.2) is 0 Å². The van der Waals surface area contributed by atoms with Crippen LogP contribution in [0.5, 0.6) is 0 Å². The van der Waals surface area contributed by atoms with Crippen molar-refractivity contribution in [2.24, 2.45) is 5.90 Å². The molecule has 0 radical (unpaired) electrons. The molecule has 6 heteroatoms. The fraction of sp³-hybridized carbons (Fsp3) is 0.0909. The number of benzene rings is 2. The highest BCUT2D eigenvalue weighted by atomic mass is 35.5. The van der Waals surface area contributed by atoms with Gasteiger partial charge in [0.2, 0.25) is 0 Å². The zero-order valence-electron chi connectivity index (χ0n) is 8.87. The third-order valence-electron chi connectivity index (χ3n) is 2.34. The van der Waals surface area contributed by atoms with Gasteiger partial charge in [0.15, 0.2) is 0 Å². The molecule has 0 saturated heterocycles. The number of hydrogen-bond donors (Lipinski definition) is 1. The van der Waals surface area contributed by atoms with E-state index in [4.69, 9.17) is 17.5 Å². The first-order valence-electron chi connectivity index (χ1n) is 4.71. The van der Waals surface area contributed by atoms with Gasteiger partial charge in [-0.3, -0.25) is 0 Å². The highest BCUT2D eigenvalue weighted by molar-refractivity contribution is 7.94. The molecule has 90 valence electrons. The Kier molecular flexibility index (Phi) is 3.86. The number of rotatable bonds is 3. The fourth-order valence-corrected chi connectivity index (χ4v) is 2.18. The second kappa shape index (κ2) is 5.20. The smallest absolute Gasteiger partial charge is 0.142 e. The summed E-state index contributed by atoms with van der Waals surface area (Å²) in [5.74, 6) is 4.34. The van der Waals surface area contributed by atoms with Crippen LogP contribution in [0.25, 0.3) is 10.8 Å². The van der Waals surface area contributed by atoms with E-state index in [2.05, 4.69) is 9.32 Å². The molecule has 0 saturated carbocycles. The molecule has 2 aromatic rings. The summed E-state index contributed by atoms with van der Waals surface area (Å²) >= 11 is 6.71. The third-order valence-corrected chi connectivity index (χ3v) is 3.39. The van der Waals surface area contributed by atoms with Crippen LogP contribution in [0.15, 0.2) is 29.2 Å². The number of aryl methyl sites for hydroxylation is 1. The van der Waals surface area contributed by atoms with Crippen LogP contribution >= 0.6 is 23.6 Å². The van der Waals surface area contributed by atoms with E-state index in [1.54, 1.807) is 6.07 Å². The van der Waals surface area contributed by atoms with E-state index in [1.165, 1.54) is 6.07 Å². The van der Waals surface area contributed by atoms with Gasteiger partial charge in [-0.1, -0.05) is 17.7 Å². The molecule has 0 aromatic heterocycles. The van der Waals surface area contributed by atoms with Gasteiger partial charge >= 0.3 is 0 Å². The maximum atomic E-state index is 13.3. The standard InChI is InChI=1S/C11H9ClFNO2S/c1-6-2-7-4-10(13)9(12)3-8(7)5-11(6)17-16-15-14/h2-5H,14H2,1H3. The molecule has 0 fully saturated rings. The monoisotopic (exact) mass is 273 g/mol. The summed E-state index contributed by atoms with van der Waals surface area (Å²) in [4.78, 5) is 4.86. The largest absolute Gasteiger partial charge is 0.205 e. The highest BCUT2D eigenvalue weighted by Gasteiger charge is 2.07. The van der Waals surface area contributed by atoms with Crippen molar-refractivity contribution in [1.82, 2.24) is 0 Å². The second-order valence-electron chi connectivity index (χ2n) is 3.48. The average Bonchev–Trinajstić information content (AvgIpc) is 2.29. The minimum Gasteiger partial charge on any atom is -0.205 e. The van der Waals surface area contributed by atoms with Crippen molar-refractivity contribution >= 4 is 34.4 Å². The van der Waals surface area contributed by atoms with Gasteiger partial charge in [-0.25, -0.2) is 4.39 Å². The molecule has 2 aromatic carbocycles. The molecule has 17 heavy (non-hydrogen) atoms. The van der Waals surface area contributed by atoms with Gasteiger partial charge in [0.05, 0.1) is 17.1 Å². The van der Waals surface area contributed by atoms with Crippen molar-refractivity contribution in [1.29, 1.82) is 0 Å². The van der Waals surface area contributed by atoms with Gasteiger partial charge in [0.1, 0.15) is 5.82 Å². The Balaban J connectivity index is 2.51. The summed E-state index contributed by atoms with van der Waals surface area (Å²) in [5.41, 5.74) is 0.932. The number of nitrogens with two attached hydrogens (primary N) is 1. The van der Waals surface area contributed by atoms with Crippen molar-refractivity contribution in [2.75, 3.05) is 0 Å². The molecule has 0 aliphatic rings. The minimum absolute atomic E-state index is 0.0910. The van der Waals surface area contributed by atoms with E-state index in [-0.39, 0.29) is 5.02 Å². The summed E-state index contributed by atoms with van der Waals surface area (Å²) in [6.07, 6.45) is 0. The Bertz CT molecular complexity index is 565. The predicted molar refractivity (Wildman–Crippen MR) is 65.9 cm³/mol. The summed E-state index contributed by atoms with van der Waals surface area (Å²) in [7, 11) is 0. The molecule has 0 atom stereocenters. The third kappa shape index (κ3) is 2.70. The minimum atomic E-state index is -0.430. The SMILES string of the molecule is Cc1cc2cc(F)c(Cl)cc2cc1SOON. The number of fused-ring (bicyclic) bond motifs is 1. The maximum Gasteiger partial charge on any atom is 0.142 e. The molecule has 0 spiro atoms. The summed E-state index contributed by atoms with van der Waals surface area (Å²) in [5, 5.41) is 1.70. The van der Waals surface area contributed by atoms with E-state index >= 15 is 0 Å². The molecule has 2 rings (SSSR count). The van der Waals surface area contributed by atoms with Crippen LogP contribution in [-0.2, 0) is 9.32 Å². The van der Waals surface area contributed by atoms with Crippen LogP contribution < -0.4 is 5.90 Å². The van der Waals surface area contributed by atoms with Crippen LogP contribution in [0.4, 0.5) is 4.39 Å². The Morgan fingerprint density at radius 3 is 2.65 bits per heavy atom. The van der Waals surface area contributed by atoms with Crippen molar-refractivity contribution in [2.45, 2.75) is 11.8 Å². The lowest BCUT2D eigenvalue weighted by Crippen LogP contribution is -1.94. The lowest BCUT2D eigenvalue weighted by atomic mass is 10.1. The van der Waals surface area contributed by atoms with E-state index in [1.807, 2.05) is 19.1 Å². The number of halogens is 2. The van der Waals surface area contributed by atoms with Gasteiger partial charge in [0, 0.05) is 4.90 Å². The molecule has 0 aliphatic carbocycles. The summed E-state index contributed by atoms with van der Waals surface area (Å²) in [6.45, 7) is 1.88. The second-order valence-corrected chi connectivity index (χ2v) is 4.63. The Labute approximate surface area is 107 Å². The van der Waals surface area contributed by atoms with Gasteiger partial charge in [-0.2, -0.15) is 5.90 Å². The van der Waals surface area contributed by atoms with Crippen molar-refractivity contribution in [3.63, 3.8) is 0 Å². The first kappa shape index (κ1) is 12.6. The fourth-order valence-electron chi connectivity index (χ4n) is 1.53. The molecule has 0 bridgehead atoms. The lowest BCUT2D eigenvalue weighted by Gasteiger charge is -2.07. The van der Waals surface area contributed by atoms with Crippen molar-refractivity contribution in [3.8, 4) is 0 Å². The van der Waals surface area contributed by atoms with E-state index in [0.717, 1.165) is 33.3 Å². The summed E-state index contributed by atoms with van der Waals surface area (Å²) in [6, 6.07) is 6.65. The summed E-state index contributed by atoms with van der Waals surface area (Å²) < 4.78 is 17.9. The topological polar surface area (TPSA) is 44.5 Å². The Hall–Kier alpha value is -0.850. The van der Waals surface area contributed by atoms with Crippen molar-refractivity contribution < 1.29 is 13.7 Å². The maximum absolute atomic E-state index is 13.3.